The van der Waals surface area contributed by atoms with Crippen molar-refractivity contribution in [2.75, 3.05) is 0 Å². The van der Waals surface area contributed by atoms with E-state index in [1.165, 1.54) is 32.0 Å². The van der Waals surface area contributed by atoms with Crippen molar-refractivity contribution in [3.05, 3.63) is 29.3 Å². The van der Waals surface area contributed by atoms with Gasteiger partial charge in [-0.25, -0.2) is 0 Å². The monoisotopic (exact) mass is 224 g/mol. The molecule has 88 valence electrons. The summed E-state index contributed by atoms with van der Waals surface area (Å²) in [6.45, 7) is 4.45. The summed E-state index contributed by atoms with van der Waals surface area (Å²) in [7, 11) is 0. The Morgan fingerprint density at radius 1 is 1.31 bits per heavy atom. The van der Waals surface area contributed by atoms with Gasteiger partial charge in [-0.3, -0.25) is 4.79 Å². The van der Waals surface area contributed by atoms with Gasteiger partial charge in [0.25, 0.3) is 0 Å². The highest BCUT2D eigenvalue weighted by Crippen LogP contribution is 2.30. The fourth-order valence-corrected chi connectivity index (χ4v) is 1.51. The summed E-state index contributed by atoms with van der Waals surface area (Å²) >= 11 is 0. The van der Waals surface area contributed by atoms with Crippen molar-refractivity contribution in [3.8, 4) is 5.75 Å². The van der Waals surface area contributed by atoms with Gasteiger partial charge in [-0.05, 0) is 38.5 Å². The van der Waals surface area contributed by atoms with Crippen LogP contribution in [0.5, 0.6) is 5.75 Å². The summed E-state index contributed by atoms with van der Waals surface area (Å²) in [5.41, 5.74) is 0.811. The molecule has 1 aromatic carbocycles. The van der Waals surface area contributed by atoms with Crippen LogP contribution >= 0.6 is 0 Å². The van der Waals surface area contributed by atoms with Crippen LogP contribution in [0.4, 0.5) is 0 Å². The van der Waals surface area contributed by atoms with Gasteiger partial charge >= 0.3 is 0 Å². The lowest BCUT2D eigenvalue weighted by molar-refractivity contribution is -0.204. The van der Waals surface area contributed by atoms with Gasteiger partial charge in [-0.15, -0.1) is 0 Å². The Labute approximate surface area is 94.2 Å². The molecule has 0 fully saturated rings. The molecule has 3 N–H and O–H groups in total. The van der Waals surface area contributed by atoms with Crippen LogP contribution in [-0.2, 0) is 10.6 Å². The Kier molecular flexibility index (Phi) is 3.35. The Bertz CT molecular complexity index is 389. The molecule has 0 saturated heterocycles. The van der Waals surface area contributed by atoms with E-state index in [0.29, 0.717) is 5.56 Å². The number of ketones is 1. The van der Waals surface area contributed by atoms with Crippen molar-refractivity contribution < 1.29 is 20.1 Å². The molecule has 0 aromatic heterocycles. The number of aryl methyl sites for hydroxylation is 1. The summed E-state index contributed by atoms with van der Waals surface area (Å²) < 4.78 is 0. The molecule has 0 radical (unpaired) electrons. The van der Waals surface area contributed by atoms with Crippen LogP contribution in [0.15, 0.2) is 18.2 Å². The maximum Gasteiger partial charge on any atom is 0.199 e. The molecule has 0 aliphatic carbocycles. The standard InChI is InChI=1S/C12H16O4/c1-7-4-10(6-11(14)5-7)12(15,16)8(2)9(3)13/h4-6,8,14-16H,1-3H3. The molecule has 1 atom stereocenters. The molecule has 4 nitrogen and oxygen atoms in total. The van der Waals surface area contributed by atoms with Gasteiger partial charge in [0.2, 0.25) is 0 Å². The summed E-state index contributed by atoms with van der Waals surface area (Å²) in [4.78, 5) is 11.2. The maximum atomic E-state index is 11.2. The normalized spacial score (nSPS) is 13.6. The van der Waals surface area contributed by atoms with Gasteiger partial charge in [0.1, 0.15) is 11.5 Å². The van der Waals surface area contributed by atoms with Crippen molar-refractivity contribution in [3.63, 3.8) is 0 Å². The van der Waals surface area contributed by atoms with Gasteiger partial charge in [0.05, 0.1) is 5.92 Å². The van der Waals surface area contributed by atoms with Gasteiger partial charge in [-0.1, -0.05) is 6.07 Å². The van der Waals surface area contributed by atoms with E-state index >= 15 is 0 Å². The van der Waals surface area contributed by atoms with Crippen LogP contribution in [0, 0.1) is 12.8 Å². The van der Waals surface area contributed by atoms with Crippen molar-refractivity contribution in [1.82, 2.24) is 0 Å². The van der Waals surface area contributed by atoms with E-state index in [0.717, 1.165) is 0 Å². The minimum absolute atomic E-state index is 0.0572. The van der Waals surface area contributed by atoms with Gasteiger partial charge in [0, 0.05) is 5.56 Å². The largest absolute Gasteiger partial charge is 0.508 e. The van der Waals surface area contributed by atoms with Gasteiger partial charge in [0.15, 0.2) is 5.79 Å². The van der Waals surface area contributed by atoms with Crippen LogP contribution in [0.2, 0.25) is 0 Å². The summed E-state index contributed by atoms with van der Waals surface area (Å²) in [6, 6.07) is 4.27. The van der Waals surface area contributed by atoms with Crippen molar-refractivity contribution in [2.24, 2.45) is 5.92 Å². The van der Waals surface area contributed by atoms with E-state index in [9.17, 15) is 20.1 Å². The zero-order chi connectivity index (χ0) is 12.5. The lowest BCUT2D eigenvalue weighted by Crippen LogP contribution is -2.37. The summed E-state index contributed by atoms with van der Waals surface area (Å²) in [6.07, 6.45) is 0. The fourth-order valence-electron chi connectivity index (χ4n) is 1.51. The molecule has 1 unspecified atom stereocenters. The lowest BCUT2D eigenvalue weighted by atomic mass is 9.89. The molecule has 4 heteroatoms. The summed E-state index contributed by atoms with van der Waals surface area (Å²) in [5, 5.41) is 29.2. The van der Waals surface area contributed by atoms with Crippen LogP contribution < -0.4 is 0 Å². The predicted molar refractivity (Wildman–Crippen MR) is 58.8 cm³/mol. The number of aromatic hydroxyl groups is 1. The quantitative estimate of drug-likeness (QED) is 0.671. The molecule has 0 amide bonds. The van der Waals surface area contributed by atoms with Crippen LogP contribution in [0.1, 0.15) is 25.0 Å². The van der Waals surface area contributed by atoms with Crippen molar-refractivity contribution in [1.29, 1.82) is 0 Å². The number of hydrogen-bond acceptors (Lipinski definition) is 4. The second-order valence-electron chi connectivity index (χ2n) is 4.12. The zero-order valence-electron chi connectivity index (χ0n) is 9.56. The molecular formula is C12H16O4. The first-order chi connectivity index (χ1) is 7.25. The molecule has 0 aliphatic rings. The SMILES string of the molecule is CC(=O)C(C)C(O)(O)c1cc(C)cc(O)c1. The minimum atomic E-state index is -2.25. The number of phenols is 1. The molecule has 0 bridgehead atoms. The lowest BCUT2D eigenvalue weighted by Gasteiger charge is -2.27. The molecule has 16 heavy (non-hydrogen) atoms. The molecule has 0 saturated carbocycles. The first-order valence-electron chi connectivity index (χ1n) is 5.01. The molecule has 0 spiro atoms. The van der Waals surface area contributed by atoms with Gasteiger partial charge in [-0.2, -0.15) is 0 Å². The third kappa shape index (κ3) is 2.40. The van der Waals surface area contributed by atoms with E-state index in [-0.39, 0.29) is 17.1 Å². The third-order valence-electron chi connectivity index (χ3n) is 2.70. The Hall–Kier alpha value is -1.39. The van der Waals surface area contributed by atoms with Crippen LogP contribution in [0.25, 0.3) is 0 Å². The molecule has 1 rings (SSSR count). The summed E-state index contributed by atoms with van der Waals surface area (Å²) in [5.74, 6) is -3.59. The van der Waals surface area contributed by atoms with Crippen LogP contribution in [0.3, 0.4) is 0 Å². The predicted octanol–water partition coefficient (Wildman–Crippen LogP) is 1.06. The average molecular weight is 224 g/mol. The zero-order valence-corrected chi connectivity index (χ0v) is 9.56. The Morgan fingerprint density at radius 3 is 2.31 bits per heavy atom. The fraction of sp³-hybridized carbons (Fsp3) is 0.417. The number of carbonyl (C=O) groups excluding carboxylic acids is 1. The smallest absolute Gasteiger partial charge is 0.199 e. The number of aliphatic hydroxyl groups is 2. The van der Waals surface area contributed by atoms with Crippen LogP contribution in [-0.4, -0.2) is 21.1 Å². The van der Waals surface area contributed by atoms with E-state index in [4.69, 9.17) is 0 Å². The van der Waals surface area contributed by atoms with Gasteiger partial charge < -0.3 is 15.3 Å². The molecule has 1 aromatic rings. The topological polar surface area (TPSA) is 77.8 Å². The number of Topliss-reactive ketones (excluding diaryl/α,β-unsaturated/α-hetero) is 1. The average Bonchev–Trinajstić information content (AvgIpc) is 2.14. The first kappa shape index (κ1) is 12.7. The number of benzene rings is 1. The van der Waals surface area contributed by atoms with Crippen molar-refractivity contribution >= 4 is 5.78 Å². The third-order valence-corrected chi connectivity index (χ3v) is 2.70. The second kappa shape index (κ2) is 4.23. The van der Waals surface area contributed by atoms with E-state index in [1.807, 2.05) is 0 Å². The highest BCUT2D eigenvalue weighted by molar-refractivity contribution is 5.79. The number of rotatable bonds is 3. The first-order valence-corrected chi connectivity index (χ1v) is 5.01. The van der Waals surface area contributed by atoms with E-state index in [1.54, 1.807) is 6.92 Å². The minimum Gasteiger partial charge on any atom is -0.508 e. The number of hydrogen-bond donors (Lipinski definition) is 3. The number of phenolic OH excluding ortho intramolecular Hbond substituents is 1. The van der Waals surface area contributed by atoms with Crippen molar-refractivity contribution in [2.45, 2.75) is 26.6 Å². The molecule has 0 heterocycles. The molecule has 0 aliphatic heterocycles. The highest BCUT2D eigenvalue weighted by Gasteiger charge is 2.36. The Balaban J connectivity index is 3.20. The highest BCUT2D eigenvalue weighted by atomic mass is 16.5. The Morgan fingerprint density at radius 2 is 1.88 bits per heavy atom. The van der Waals surface area contributed by atoms with E-state index in [2.05, 4.69) is 0 Å². The van der Waals surface area contributed by atoms with E-state index < -0.39 is 11.7 Å². The second-order valence-corrected chi connectivity index (χ2v) is 4.12. The maximum absolute atomic E-state index is 11.2. The molecular weight excluding hydrogens is 208 g/mol. The number of carbonyl (C=O) groups is 1.